The molecule has 0 bridgehead atoms. The summed E-state index contributed by atoms with van der Waals surface area (Å²) in [4.78, 5) is 2.73. The third kappa shape index (κ3) is 5.01. The third-order valence-electron chi connectivity index (χ3n) is 5.08. The van der Waals surface area contributed by atoms with Crippen molar-refractivity contribution in [3.63, 3.8) is 0 Å². The van der Waals surface area contributed by atoms with E-state index < -0.39 is 0 Å². The molecule has 2 rings (SSSR count). The van der Waals surface area contributed by atoms with E-state index in [1.807, 2.05) is 0 Å². The number of aliphatic hydroxyl groups excluding tert-OH is 1. The Hall–Kier alpha value is -0.120. The predicted octanol–water partition coefficient (Wildman–Crippen LogP) is 2.78. The van der Waals surface area contributed by atoms with Crippen LogP contribution in [0.15, 0.2) is 0 Å². The van der Waals surface area contributed by atoms with Crippen LogP contribution in [-0.4, -0.2) is 47.8 Å². The molecule has 1 atom stereocenters. The number of nitrogens with one attached hydrogen (secondary N) is 1. The van der Waals surface area contributed by atoms with Crippen LogP contribution in [0.4, 0.5) is 0 Å². The van der Waals surface area contributed by atoms with Crippen LogP contribution in [0.3, 0.4) is 0 Å². The Kier molecular flexibility index (Phi) is 6.31. The zero-order chi connectivity index (χ0) is 14.4. The molecular formula is C17H34N2O. The number of hydrogen-bond acceptors (Lipinski definition) is 3. The maximum absolute atomic E-state index is 9.77. The summed E-state index contributed by atoms with van der Waals surface area (Å²) in [6.07, 6.45) is 10.2. The highest BCUT2D eigenvalue weighted by Crippen LogP contribution is 2.35. The van der Waals surface area contributed by atoms with Crippen LogP contribution in [0, 0.1) is 5.92 Å². The van der Waals surface area contributed by atoms with Crippen LogP contribution in [0.1, 0.15) is 65.2 Å². The second kappa shape index (κ2) is 7.77. The van der Waals surface area contributed by atoms with Gasteiger partial charge in [0.15, 0.2) is 0 Å². The van der Waals surface area contributed by atoms with Crippen molar-refractivity contribution in [1.29, 1.82) is 0 Å². The van der Waals surface area contributed by atoms with Gasteiger partial charge in [0.25, 0.3) is 0 Å². The molecule has 0 amide bonds. The molecule has 2 aliphatic carbocycles. The van der Waals surface area contributed by atoms with E-state index in [1.54, 1.807) is 0 Å². The first kappa shape index (κ1) is 16.3. The summed E-state index contributed by atoms with van der Waals surface area (Å²) in [5, 5.41) is 13.4. The fourth-order valence-electron chi connectivity index (χ4n) is 3.14. The van der Waals surface area contributed by atoms with Crippen LogP contribution >= 0.6 is 0 Å². The molecule has 0 aromatic carbocycles. The van der Waals surface area contributed by atoms with Crippen molar-refractivity contribution in [1.82, 2.24) is 10.2 Å². The second-order valence-corrected chi connectivity index (χ2v) is 6.99. The van der Waals surface area contributed by atoms with Crippen molar-refractivity contribution < 1.29 is 5.11 Å². The van der Waals surface area contributed by atoms with Crippen molar-refractivity contribution in [3.05, 3.63) is 0 Å². The minimum Gasteiger partial charge on any atom is -0.394 e. The number of rotatable bonds is 12. The predicted molar refractivity (Wildman–Crippen MR) is 85.0 cm³/mol. The normalized spacial score (nSPS) is 22.2. The average molecular weight is 282 g/mol. The SMILES string of the molecule is CCCNC(CC)(CO)CCCN(CC1CC1)C1CC1. The molecular weight excluding hydrogens is 248 g/mol. The largest absolute Gasteiger partial charge is 0.394 e. The van der Waals surface area contributed by atoms with E-state index >= 15 is 0 Å². The first-order chi connectivity index (χ1) is 9.73. The Morgan fingerprint density at radius 2 is 1.95 bits per heavy atom. The monoisotopic (exact) mass is 282 g/mol. The lowest BCUT2D eigenvalue weighted by Crippen LogP contribution is -2.48. The fraction of sp³-hybridized carbons (Fsp3) is 1.00. The molecule has 0 heterocycles. The van der Waals surface area contributed by atoms with Gasteiger partial charge in [-0.25, -0.2) is 0 Å². The van der Waals surface area contributed by atoms with E-state index in [1.165, 1.54) is 45.2 Å². The van der Waals surface area contributed by atoms with Crippen LogP contribution < -0.4 is 5.32 Å². The molecule has 0 aromatic rings. The summed E-state index contributed by atoms with van der Waals surface area (Å²) in [6.45, 7) is 8.25. The summed E-state index contributed by atoms with van der Waals surface area (Å²) in [7, 11) is 0. The maximum Gasteiger partial charge on any atom is 0.0613 e. The highest BCUT2D eigenvalue weighted by atomic mass is 16.3. The van der Waals surface area contributed by atoms with Gasteiger partial charge in [0.1, 0.15) is 0 Å². The van der Waals surface area contributed by atoms with E-state index in [-0.39, 0.29) is 12.1 Å². The molecule has 2 aliphatic rings. The van der Waals surface area contributed by atoms with Crippen molar-refractivity contribution >= 4 is 0 Å². The number of nitrogens with zero attached hydrogens (tertiary/aromatic N) is 1. The van der Waals surface area contributed by atoms with E-state index in [9.17, 15) is 5.11 Å². The van der Waals surface area contributed by atoms with Gasteiger partial charge < -0.3 is 15.3 Å². The molecule has 2 saturated carbocycles. The van der Waals surface area contributed by atoms with Crippen molar-refractivity contribution in [3.8, 4) is 0 Å². The molecule has 20 heavy (non-hydrogen) atoms. The van der Waals surface area contributed by atoms with Crippen LogP contribution in [0.5, 0.6) is 0 Å². The van der Waals surface area contributed by atoms with E-state index in [2.05, 4.69) is 24.1 Å². The molecule has 0 radical (unpaired) electrons. The van der Waals surface area contributed by atoms with Crippen molar-refractivity contribution in [2.24, 2.45) is 5.92 Å². The Labute approximate surface area is 125 Å². The molecule has 0 aliphatic heterocycles. The van der Waals surface area contributed by atoms with Gasteiger partial charge in [-0.2, -0.15) is 0 Å². The standard InChI is InChI=1S/C17H34N2O/c1-3-11-18-17(4-2,14-20)10-5-12-19(16-8-9-16)13-15-6-7-15/h15-16,18,20H,3-14H2,1-2H3. The lowest BCUT2D eigenvalue weighted by molar-refractivity contribution is 0.137. The van der Waals surface area contributed by atoms with Crippen LogP contribution in [0.25, 0.3) is 0 Å². The summed E-state index contributed by atoms with van der Waals surface area (Å²) in [5.41, 5.74) is -0.0369. The Balaban J connectivity index is 1.72. The van der Waals surface area contributed by atoms with Gasteiger partial charge in [0, 0.05) is 18.1 Å². The smallest absolute Gasteiger partial charge is 0.0613 e. The second-order valence-electron chi connectivity index (χ2n) is 6.99. The maximum atomic E-state index is 9.77. The number of aliphatic hydroxyl groups is 1. The van der Waals surface area contributed by atoms with E-state index in [4.69, 9.17) is 0 Å². The minimum atomic E-state index is -0.0369. The summed E-state index contributed by atoms with van der Waals surface area (Å²) >= 11 is 0. The van der Waals surface area contributed by atoms with Gasteiger partial charge in [-0.1, -0.05) is 13.8 Å². The average Bonchev–Trinajstić information content (AvgIpc) is 3.34. The topological polar surface area (TPSA) is 35.5 Å². The van der Waals surface area contributed by atoms with Crippen LogP contribution in [-0.2, 0) is 0 Å². The molecule has 3 nitrogen and oxygen atoms in total. The van der Waals surface area contributed by atoms with Gasteiger partial charge in [0.2, 0.25) is 0 Å². The summed E-state index contributed by atoms with van der Waals surface area (Å²) < 4.78 is 0. The van der Waals surface area contributed by atoms with E-state index in [0.717, 1.165) is 37.8 Å². The zero-order valence-corrected chi connectivity index (χ0v) is 13.5. The molecule has 118 valence electrons. The third-order valence-corrected chi connectivity index (χ3v) is 5.08. The Morgan fingerprint density at radius 1 is 1.20 bits per heavy atom. The number of hydrogen-bond donors (Lipinski definition) is 2. The van der Waals surface area contributed by atoms with Gasteiger partial charge in [-0.3, -0.25) is 0 Å². The molecule has 2 N–H and O–H groups in total. The molecule has 0 spiro atoms. The highest BCUT2D eigenvalue weighted by molar-refractivity contribution is 4.90. The molecule has 1 unspecified atom stereocenters. The molecule has 3 heteroatoms. The van der Waals surface area contributed by atoms with Gasteiger partial charge in [0.05, 0.1) is 6.61 Å². The Morgan fingerprint density at radius 3 is 2.45 bits per heavy atom. The summed E-state index contributed by atoms with van der Waals surface area (Å²) in [6, 6.07) is 0.893. The lowest BCUT2D eigenvalue weighted by atomic mass is 9.91. The minimum absolute atomic E-state index is 0.0369. The molecule has 0 saturated heterocycles. The fourth-order valence-corrected chi connectivity index (χ4v) is 3.14. The zero-order valence-electron chi connectivity index (χ0n) is 13.5. The first-order valence-electron chi connectivity index (χ1n) is 8.83. The summed E-state index contributed by atoms with van der Waals surface area (Å²) in [5.74, 6) is 1.00. The van der Waals surface area contributed by atoms with Crippen molar-refractivity contribution in [2.45, 2.75) is 76.8 Å². The Bertz CT molecular complexity index is 270. The van der Waals surface area contributed by atoms with Crippen molar-refractivity contribution in [2.75, 3.05) is 26.2 Å². The van der Waals surface area contributed by atoms with Crippen LogP contribution in [0.2, 0.25) is 0 Å². The van der Waals surface area contributed by atoms with Gasteiger partial charge in [-0.15, -0.1) is 0 Å². The first-order valence-corrected chi connectivity index (χ1v) is 8.83. The molecule has 0 aromatic heterocycles. The molecule has 2 fully saturated rings. The van der Waals surface area contributed by atoms with E-state index in [0.29, 0.717) is 0 Å². The highest BCUT2D eigenvalue weighted by Gasteiger charge is 2.34. The van der Waals surface area contributed by atoms with Gasteiger partial charge in [-0.05, 0) is 70.4 Å². The quantitative estimate of drug-likeness (QED) is 0.578. The van der Waals surface area contributed by atoms with Gasteiger partial charge >= 0.3 is 0 Å². The lowest BCUT2D eigenvalue weighted by Gasteiger charge is -2.33.